The maximum absolute atomic E-state index is 3.43. The van der Waals surface area contributed by atoms with Gasteiger partial charge in [-0.2, -0.15) is 0 Å². The van der Waals surface area contributed by atoms with Gasteiger partial charge < -0.3 is 10.6 Å². The highest BCUT2D eigenvalue weighted by atomic mass is 14.9. The van der Waals surface area contributed by atoms with Gasteiger partial charge in [0, 0.05) is 12.1 Å². The standard InChI is InChI=1S/C11H24N2/c1-4-11(13-3)9-5-7-10(12-2)8-6-9/h9-13H,4-8H2,1-3H3. The van der Waals surface area contributed by atoms with E-state index in [-0.39, 0.29) is 0 Å². The molecule has 1 rings (SSSR count). The molecule has 2 N–H and O–H groups in total. The first kappa shape index (κ1) is 11.0. The van der Waals surface area contributed by atoms with Crippen LogP contribution in [-0.2, 0) is 0 Å². The topological polar surface area (TPSA) is 24.1 Å². The normalized spacial score (nSPS) is 31.6. The molecule has 1 aliphatic rings. The second-order valence-electron chi connectivity index (χ2n) is 4.20. The molecule has 0 spiro atoms. The van der Waals surface area contributed by atoms with Gasteiger partial charge in [0.1, 0.15) is 0 Å². The van der Waals surface area contributed by atoms with Crippen molar-refractivity contribution in [3.8, 4) is 0 Å². The van der Waals surface area contributed by atoms with E-state index >= 15 is 0 Å². The number of rotatable bonds is 4. The van der Waals surface area contributed by atoms with Crippen LogP contribution in [0.4, 0.5) is 0 Å². The summed E-state index contributed by atoms with van der Waals surface area (Å²) in [4.78, 5) is 0. The van der Waals surface area contributed by atoms with Crippen LogP contribution in [0.1, 0.15) is 39.0 Å². The highest BCUT2D eigenvalue weighted by Gasteiger charge is 2.24. The van der Waals surface area contributed by atoms with Crippen molar-refractivity contribution in [2.24, 2.45) is 5.92 Å². The van der Waals surface area contributed by atoms with E-state index in [4.69, 9.17) is 0 Å². The number of nitrogens with one attached hydrogen (secondary N) is 2. The minimum absolute atomic E-state index is 0.748. The molecule has 0 saturated heterocycles. The Balaban J connectivity index is 2.30. The van der Waals surface area contributed by atoms with Gasteiger partial charge in [0.15, 0.2) is 0 Å². The molecule has 2 heteroatoms. The lowest BCUT2D eigenvalue weighted by Crippen LogP contribution is -2.38. The molecule has 13 heavy (non-hydrogen) atoms. The second-order valence-corrected chi connectivity index (χ2v) is 4.20. The zero-order chi connectivity index (χ0) is 9.68. The van der Waals surface area contributed by atoms with Crippen molar-refractivity contribution in [1.29, 1.82) is 0 Å². The first-order valence-electron chi connectivity index (χ1n) is 5.66. The van der Waals surface area contributed by atoms with E-state index in [1.807, 2.05) is 0 Å². The van der Waals surface area contributed by atoms with E-state index in [2.05, 4.69) is 31.7 Å². The van der Waals surface area contributed by atoms with Crippen molar-refractivity contribution in [2.45, 2.75) is 51.1 Å². The third-order valence-electron chi connectivity index (χ3n) is 3.56. The molecule has 0 bridgehead atoms. The fourth-order valence-electron chi connectivity index (χ4n) is 2.58. The van der Waals surface area contributed by atoms with Crippen LogP contribution in [0.5, 0.6) is 0 Å². The first-order chi connectivity index (χ1) is 6.31. The lowest BCUT2D eigenvalue weighted by atomic mass is 9.81. The summed E-state index contributed by atoms with van der Waals surface area (Å²) in [6.45, 7) is 2.28. The molecule has 1 fully saturated rings. The first-order valence-corrected chi connectivity index (χ1v) is 5.66. The highest BCUT2D eigenvalue weighted by Crippen LogP contribution is 2.27. The van der Waals surface area contributed by atoms with E-state index in [9.17, 15) is 0 Å². The van der Waals surface area contributed by atoms with Crippen molar-refractivity contribution in [2.75, 3.05) is 14.1 Å². The van der Waals surface area contributed by atoms with Crippen molar-refractivity contribution in [1.82, 2.24) is 10.6 Å². The largest absolute Gasteiger partial charge is 0.317 e. The van der Waals surface area contributed by atoms with Crippen LogP contribution < -0.4 is 10.6 Å². The third-order valence-corrected chi connectivity index (χ3v) is 3.56. The van der Waals surface area contributed by atoms with Crippen LogP contribution in [0.3, 0.4) is 0 Å². The van der Waals surface area contributed by atoms with Gasteiger partial charge in [0.25, 0.3) is 0 Å². The predicted molar refractivity (Wildman–Crippen MR) is 57.9 cm³/mol. The Morgan fingerprint density at radius 2 is 1.77 bits per heavy atom. The van der Waals surface area contributed by atoms with Gasteiger partial charge in [-0.05, 0) is 52.1 Å². The van der Waals surface area contributed by atoms with E-state index in [0.717, 1.165) is 18.0 Å². The Kier molecular flexibility index (Phi) is 4.74. The van der Waals surface area contributed by atoms with Crippen molar-refractivity contribution >= 4 is 0 Å². The Labute approximate surface area is 82.5 Å². The van der Waals surface area contributed by atoms with Gasteiger partial charge in [0.05, 0.1) is 0 Å². The van der Waals surface area contributed by atoms with Crippen LogP contribution in [0.2, 0.25) is 0 Å². The molecular weight excluding hydrogens is 160 g/mol. The van der Waals surface area contributed by atoms with Crippen molar-refractivity contribution in [3.05, 3.63) is 0 Å². The average Bonchev–Trinajstić information content (AvgIpc) is 2.21. The predicted octanol–water partition coefficient (Wildman–Crippen LogP) is 1.76. The summed E-state index contributed by atoms with van der Waals surface area (Å²) >= 11 is 0. The van der Waals surface area contributed by atoms with E-state index in [0.29, 0.717) is 0 Å². The zero-order valence-electron chi connectivity index (χ0n) is 9.27. The van der Waals surface area contributed by atoms with Crippen LogP contribution in [0.25, 0.3) is 0 Å². The minimum atomic E-state index is 0.748. The average molecular weight is 184 g/mol. The number of hydrogen-bond acceptors (Lipinski definition) is 2. The summed E-state index contributed by atoms with van der Waals surface area (Å²) in [5.41, 5.74) is 0. The molecule has 0 heterocycles. The SMILES string of the molecule is CCC(NC)C1CCC(NC)CC1. The molecule has 0 aromatic carbocycles. The highest BCUT2D eigenvalue weighted by molar-refractivity contribution is 4.82. The van der Waals surface area contributed by atoms with E-state index in [1.54, 1.807) is 0 Å². The molecule has 0 amide bonds. The maximum atomic E-state index is 3.43. The monoisotopic (exact) mass is 184 g/mol. The van der Waals surface area contributed by atoms with Gasteiger partial charge >= 0.3 is 0 Å². The smallest absolute Gasteiger partial charge is 0.00897 e. The quantitative estimate of drug-likeness (QED) is 0.696. The molecule has 1 aliphatic carbocycles. The summed E-state index contributed by atoms with van der Waals surface area (Å²) < 4.78 is 0. The maximum Gasteiger partial charge on any atom is 0.00897 e. The molecule has 1 atom stereocenters. The molecule has 1 saturated carbocycles. The lowest BCUT2D eigenvalue weighted by molar-refractivity contribution is 0.242. The van der Waals surface area contributed by atoms with Crippen LogP contribution in [-0.4, -0.2) is 26.2 Å². The van der Waals surface area contributed by atoms with Gasteiger partial charge in [0.2, 0.25) is 0 Å². The molecule has 0 radical (unpaired) electrons. The Hall–Kier alpha value is -0.0800. The molecule has 2 nitrogen and oxygen atoms in total. The molecular formula is C11H24N2. The number of hydrogen-bond donors (Lipinski definition) is 2. The fraction of sp³-hybridized carbons (Fsp3) is 1.00. The third kappa shape index (κ3) is 2.96. The van der Waals surface area contributed by atoms with Gasteiger partial charge in [-0.3, -0.25) is 0 Å². The molecule has 0 aliphatic heterocycles. The van der Waals surface area contributed by atoms with Gasteiger partial charge in [-0.1, -0.05) is 6.92 Å². The van der Waals surface area contributed by atoms with Crippen LogP contribution in [0, 0.1) is 5.92 Å². The lowest BCUT2D eigenvalue weighted by Gasteiger charge is -2.33. The van der Waals surface area contributed by atoms with Gasteiger partial charge in [-0.15, -0.1) is 0 Å². The minimum Gasteiger partial charge on any atom is -0.317 e. The molecule has 0 aromatic heterocycles. The van der Waals surface area contributed by atoms with Crippen molar-refractivity contribution < 1.29 is 0 Å². The second kappa shape index (κ2) is 5.61. The van der Waals surface area contributed by atoms with E-state index < -0.39 is 0 Å². The summed E-state index contributed by atoms with van der Waals surface area (Å²) in [6.07, 6.45) is 6.78. The zero-order valence-corrected chi connectivity index (χ0v) is 9.27. The van der Waals surface area contributed by atoms with Gasteiger partial charge in [-0.25, -0.2) is 0 Å². The fourth-order valence-corrected chi connectivity index (χ4v) is 2.58. The summed E-state index contributed by atoms with van der Waals surface area (Å²) in [5, 5.41) is 6.81. The Morgan fingerprint density at radius 3 is 2.15 bits per heavy atom. The molecule has 0 aromatic rings. The van der Waals surface area contributed by atoms with Crippen LogP contribution >= 0.6 is 0 Å². The summed E-state index contributed by atoms with van der Waals surface area (Å²) in [7, 11) is 4.18. The van der Waals surface area contributed by atoms with Crippen LogP contribution in [0.15, 0.2) is 0 Å². The Bertz CT molecular complexity index is 124. The summed E-state index contributed by atoms with van der Waals surface area (Å²) in [5.74, 6) is 0.916. The molecule has 1 unspecified atom stereocenters. The molecule has 78 valence electrons. The van der Waals surface area contributed by atoms with E-state index in [1.165, 1.54) is 32.1 Å². The Morgan fingerprint density at radius 1 is 1.15 bits per heavy atom. The van der Waals surface area contributed by atoms with Crippen molar-refractivity contribution in [3.63, 3.8) is 0 Å². The summed E-state index contributed by atoms with van der Waals surface area (Å²) in [6, 6.07) is 1.53.